The summed E-state index contributed by atoms with van der Waals surface area (Å²) in [5.74, 6) is -0.943. The number of carboxylic acid groups (broad SMARTS) is 1. The number of methoxy groups -OCH3 is 2. The highest BCUT2D eigenvalue weighted by Gasteiger charge is 2.30. The lowest BCUT2D eigenvalue weighted by Crippen LogP contribution is -2.54. The van der Waals surface area contributed by atoms with Gasteiger partial charge >= 0.3 is 5.97 Å². The second kappa shape index (κ2) is 15.7. The number of hydrogen-bond donors (Lipinski definition) is 3. The third kappa shape index (κ3) is 10.1. The van der Waals surface area contributed by atoms with Crippen LogP contribution >= 0.6 is 11.8 Å². The first-order valence-electron chi connectivity index (χ1n) is 12.3. The molecule has 9 nitrogen and oxygen atoms in total. The summed E-state index contributed by atoms with van der Waals surface area (Å²) in [5, 5.41) is 14.6. The third-order valence-electron chi connectivity index (χ3n) is 5.81. The first-order valence-corrected chi connectivity index (χ1v) is 13.5. The molecule has 0 aliphatic rings. The molecule has 3 N–H and O–H groups in total. The van der Waals surface area contributed by atoms with E-state index >= 15 is 0 Å². The van der Waals surface area contributed by atoms with Crippen LogP contribution in [0.4, 0.5) is 0 Å². The molecule has 2 amide bonds. The van der Waals surface area contributed by atoms with E-state index in [0.717, 1.165) is 11.1 Å². The Morgan fingerprint density at radius 1 is 0.974 bits per heavy atom. The Bertz CT molecular complexity index is 1090. The zero-order valence-electron chi connectivity index (χ0n) is 22.2. The smallest absolute Gasteiger partial charge is 0.305 e. The van der Waals surface area contributed by atoms with E-state index in [1.165, 1.54) is 11.8 Å². The van der Waals surface area contributed by atoms with Gasteiger partial charge in [-0.05, 0) is 41.7 Å². The molecule has 2 atom stereocenters. The monoisotopic (exact) mass is 544 g/mol. The van der Waals surface area contributed by atoms with Crippen molar-refractivity contribution in [2.75, 3.05) is 20.0 Å². The molecule has 0 spiro atoms. The molecule has 10 heteroatoms. The highest BCUT2D eigenvalue weighted by Crippen LogP contribution is 2.25. The maximum atomic E-state index is 13.1. The van der Waals surface area contributed by atoms with Crippen LogP contribution in [0.5, 0.6) is 11.5 Å². The van der Waals surface area contributed by atoms with E-state index in [2.05, 4.69) is 10.6 Å². The molecule has 0 fully saturated rings. The Hall–Kier alpha value is -3.53. The van der Waals surface area contributed by atoms with Crippen molar-refractivity contribution in [3.8, 4) is 11.5 Å². The van der Waals surface area contributed by atoms with Gasteiger partial charge in [0, 0.05) is 12.2 Å². The van der Waals surface area contributed by atoms with Crippen molar-refractivity contribution in [2.45, 2.75) is 50.9 Å². The summed E-state index contributed by atoms with van der Waals surface area (Å²) in [5.41, 5.74) is 1.82. The lowest BCUT2D eigenvalue weighted by molar-refractivity contribution is -0.140. The van der Waals surface area contributed by atoms with Crippen LogP contribution in [0.1, 0.15) is 37.8 Å². The number of ketones is 1. The zero-order valence-corrected chi connectivity index (χ0v) is 23.0. The van der Waals surface area contributed by atoms with Gasteiger partial charge in [-0.2, -0.15) is 0 Å². The van der Waals surface area contributed by atoms with Gasteiger partial charge in [-0.1, -0.05) is 44.2 Å². The van der Waals surface area contributed by atoms with E-state index in [1.54, 1.807) is 46.3 Å². The van der Waals surface area contributed by atoms with Crippen LogP contribution in [-0.4, -0.2) is 60.7 Å². The number of carbonyl (C=O) groups is 4. The fourth-order valence-corrected chi connectivity index (χ4v) is 4.66. The van der Waals surface area contributed by atoms with Crippen molar-refractivity contribution in [3.63, 3.8) is 0 Å². The molecule has 2 aromatic rings. The number of rotatable bonds is 16. The highest BCUT2D eigenvalue weighted by molar-refractivity contribution is 7.99. The van der Waals surface area contributed by atoms with E-state index in [-0.39, 0.29) is 29.8 Å². The number of ether oxygens (including phenoxy) is 2. The number of benzene rings is 2. The van der Waals surface area contributed by atoms with E-state index in [0.29, 0.717) is 23.7 Å². The van der Waals surface area contributed by atoms with Gasteiger partial charge in [-0.15, -0.1) is 11.8 Å². The van der Waals surface area contributed by atoms with Gasteiger partial charge in [-0.25, -0.2) is 0 Å². The van der Waals surface area contributed by atoms with Crippen molar-refractivity contribution in [1.29, 1.82) is 0 Å². The van der Waals surface area contributed by atoms with E-state index in [4.69, 9.17) is 9.47 Å². The van der Waals surface area contributed by atoms with E-state index < -0.39 is 30.4 Å². The van der Waals surface area contributed by atoms with Crippen LogP contribution in [0.25, 0.3) is 0 Å². The van der Waals surface area contributed by atoms with Crippen LogP contribution < -0.4 is 20.1 Å². The summed E-state index contributed by atoms with van der Waals surface area (Å²) in [6.45, 7) is 3.53. The van der Waals surface area contributed by atoms with Crippen molar-refractivity contribution in [1.82, 2.24) is 10.6 Å². The van der Waals surface area contributed by atoms with Crippen LogP contribution in [-0.2, 0) is 31.4 Å². The second-order valence-corrected chi connectivity index (χ2v) is 10.1. The highest BCUT2D eigenvalue weighted by atomic mass is 32.2. The minimum absolute atomic E-state index is 0.0498. The fraction of sp³-hybridized carbons (Fsp3) is 0.429. The predicted octanol–water partition coefficient (Wildman–Crippen LogP) is 3.24. The number of carboxylic acids is 1. The molecule has 206 valence electrons. The van der Waals surface area contributed by atoms with Gasteiger partial charge < -0.3 is 25.2 Å². The molecule has 0 aliphatic heterocycles. The van der Waals surface area contributed by atoms with Crippen LogP contribution in [0.3, 0.4) is 0 Å². The third-order valence-corrected chi connectivity index (χ3v) is 6.84. The van der Waals surface area contributed by atoms with Crippen molar-refractivity contribution in [3.05, 3.63) is 59.7 Å². The minimum atomic E-state index is -1.20. The lowest BCUT2D eigenvalue weighted by atomic mass is 10.0. The second-order valence-electron chi connectivity index (χ2n) is 9.07. The minimum Gasteiger partial charge on any atom is -0.497 e. The van der Waals surface area contributed by atoms with E-state index in [9.17, 15) is 24.3 Å². The lowest BCUT2D eigenvalue weighted by Gasteiger charge is -2.24. The average Bonchev–Trinajstić information content (AvgIpc) is 2.89. The molecule has 0 aromatic heterocycles. The van der Waals surface area contributed by atoms with Crippen LogP contribution in [0, 0.1) is 5.92 Å². The molecule has 0 aliphatic carbocycles. The first-order chi connectivity index (χ1) is 18.1. The van der Waals surface area contributed by atoms with Gasteiger partial charge in [-0.3, -0.25) is 19.2 Å². The Kier molecular flexibility index (Phi) is 12.6. The molecule has 2 aromatic carbocycles. The predicted molar refractivity (Wildman–Crippen MR) is 146 cm³/mol. The van der Waals surface area contributed by atoms with Gasteiger partial charge in [0.1, 0.15) is 17.5 Å². The number of amides is 2. The molecular weight excluding hydrogens is 508 g/mol. The Labute approximate surface area is 227 Å². The molecule has 0 saturated heterocycles. The molecule has 0 saturated carbocycles. The Morgan fingerprint density at radius 3 is 2.29 bits per heavy atom. The SMILES string of the molecule is COc1ccc(OC)c(CCC(=O)NC(C(=O)NC(CC(=O)O)C(=O)CSCc2ccccc2)C(C)C)c1. The van der Waals surface area contributed by atoms with Crippen molar-refractivity contribution in [2.24, 2.45) is 5.92 Å². The quantitative estimate of drug-likeness (QED) is 0.294. The largest absolute Gasteiger partial charge is 0.497 e. The number of aliphatic carboxylic acids is 1. The maximum absolute atomic E-state index is 13.1. The van der Waals surface area contributed by atoms with Gasteiger partial charge in [0.2, 0.25) is 11.8 Å². The number of aryl methyl sites for hydroxylation is 1. The normalized spacial score (nSPS) is 12.3. The summed E-state index contributed by atoms with van der Waals surface area (Å²) in [6.07, 6.45) is -0.0874. The summed E-state index contributed by atoms with van der Waals surface area (Å²) in [6, 6.07) is 12.8. The molecule has 0 bridgehead atoms. The number of nitrogens with one attached hydrogen (secondary N) is 2. The summed E-state index contributed by atoms with van der Waals surface area (Å²) >= 11 is 1.35. The van der Waals surface area contributed by atoms with E-state index in [1.807, 2.05) is 30.3 Å². The van der Waals surface area contributed by atoms with Crippen LogP contribution in [0.2, 0.25) is 0 Å². The Balaban J connectivity index is 1.98. The molecule has 2 rings (SSSR count). The van der Waals surface area contributed by atoms with Crippen molar-refractivity contribution < 1.29 is 33.8 Å². The van der Waals surface area contributed by atoms with Gasteiger partial charge in [0.25, 0.3) is 0 Å². The first kappa shape index (κ1) is 30.7. The summed E-state index contributed by atoms with van der Waals surface area (Å²) in [7, 11) is 3.09. The number of hydrogen-bond acceptors (Lipinski definition) is 7. The Morgan fingerprint density at radius 2 is 1.68 bits per heavy atom. The number of carbonyl (C=O) groups excluding carboxylic acids is 3. The molecule has 38 heavy (non-hydrogen) atoms. The average molecular weight is 545 g/mol. The molecule has 2 unspecified atom stereocenters. The number of thioether (sulfide) groups is 1. The summed E-state index contributed by atoms with van der Waals surface area (Å²) in [4.78, 5) is 50.0. The topological polar surface area (TPSA) is 131 Å². The number of Topliss-reactive ketones (excluding diaryl/α,β-unsaturated/α-hetero) is 1. The molecule has 0 heterocycles. The maximum Gasteiger partial charge on any atom is 0.305 e. The molecular formula is C28H36N2O7S. The summed E-state index contributed by atoms with van der Waals surface area (Å²) < 4.78 is 10.6. The van der Waals surface area contributed by atoms with Gasteiger partial charge in [0.05, 0.1) is 32.4 Å². The fourth-order valence-electron chi connectivity index (χ4n) is 3.73. The van der Waals surface area contributed by atoms with Gasteiger partial charge in [0.15, 0.2) is 5.78 Å². The van der Waals surface area contributed by atoms with Crippen molar-refractivity contribution >= 4 is 35.3 Å². The zero-order chi connectivity index (χ0) is 28.1. The van der Waals surface area contributed by atoms with Crippen LogP contribution in [0.15, 0.2) is 48.5 Å². The molecule has 0 radical (unpaired) electrons. The standard InChI is InChI=1S/C28H36N2O7S/c1-18(2)27(30-25(32)13-10-20-14-21(36-3)11-12-24(20)37-4)28(35)29-22(15-26(33)34)23(31)17-38-16-19-8-6-5-7-9-19/h5-9,11-12,14,18,22,27H,10,13,15-17H2,1-4H3,(H,29,35)(H,30,32)(H,33,34).